The van der Waals surface area contributed by atoms with Crippen LogP contribution >= 0.6 is 11.6 Å². The van der Waals surface area contributed by atoms with Crippen LogP contribution in [0.2, 0.25) is 5.02 Å². The van der Waals surface area contributed by atoms with Crippen LogP contribution in [-0.2, 0) is 11.3 Å². The van der Waals surface area contributed by atoms with Crippen LogP contribution in [0.1, 0.15) is 53.7 Å². The molecule has 0 bridgehead atoms. The molecule has 1 aliphatic carbocycles. The molecular formula is C29H31ClFN5O5. The number of halogens is 2. The molecule has 4 atom stereocenters. The monoisotopic (exact) mass is 583 g/mol. The van der Waals surface area contributed by atoms with Crippen molar-refractivity contribution >= 4 is 29.4 Å². The first-order chi connectivity index (χ1) is 19.7. The first-order valence-corrected chi connectivity index (χ1v) is 13.7. The molecule has 5 rings (SSSR count). The summed E-state index contributed by atoms with van der Waals surface area (Å²) in [5.74, 6) is -0.756. The van der Waals surface area contributed by atoms with Gasteiger partial charge in [-0.3, -0.25) is 9.59 Å². The van der Waals surface area contributed by atoms with Gasteiger partial charge in [-0.1, -0.05) is 23.7 Å². The van der Waals surface area contributed by atoms with Crippen LogP contribution in [0.3, 0.4) is 0 Å². The van der Waals surface area contributed by atoms with Crippen molar-refractivity contribution in [2.75, 3.05) is 19.0 Å². The number of fused-ring (bicyclic) bond motifs is 1. The van der Waals surface area contributed by atoms with E-state index in [1.807, 2.05) is 12.1 Å². The fourth-order valence-corrected chi connectivity index (χ4v) is 5.47. The maximum Gasteiger partial charge on any atom is 0.255 e. The molecule has 0 spiro atoms. The van der Waals surface area contributed by atoms with Gasteiger partial charge in [-0.05, 0) is 55.5 Å². The summed E-state index contributed by atoms with van der Waals surface area (Å²) < 4.78 is 19.1. The molecule has 4 N–H and O–H groups in total. The van der Waals surface area contributed by atoms with E-state index in [1.165, 1.54) is 36.4 Å². The zero-order valence-electron chi connectivity index (χ0n) is 22.6. The number of amides is 2. The molecule has 2 heterocycles. The Morgan fingerprint density at radius 3 is 2.78 bits per heavy atom. The quantitative estimate of drug-likeness (QED) is 0.301. The van der Waals surface area contributed by atoms with Crippen LogP contribution in [0, 0.1) is 5.82 Å². The van der Waals surface area contributed by atoms with E-state index in [-0.39, 0.29) is 30.3 Å². The lowest BCUT2D eigenvalue weighted by molar-refractivity contribution is -0.126. The first-order valence-electron chi connectivity index (χ1n) is 13.3. The molecule has 41 heavy (non-hydrogen) atoms. The zero-order chi connectivity index (χ0) is 29.3. The van der Waals surface area contributed by atoms with Gasteiger partial charge in [-0.15, -0.1) is 0 Å². The Labute approximate surface area is 241 Å². The lowest BCUT2D eigenvalue weighted by Crippen LogP contribution is -2.46. The Kier molecular flexibility index (Phi) is 8.39. The Hall–Kier alpha value is -3.80. The fourth-order valence-electron chi connectivity index (χ4n) is 5.27. The summed E-state index contributed by atoms with van der Waals surface area (Å²) in [7, 11) is 1.40. The zero-order valence-corrected chi connectivity index (χ0v) is 23.4. The fraction of sp³-hybridized carbons (Fsp3) is 0.379. The van der Waals surface area contributed by atoms with Gasteiger partial charge in [0.25, 0.3) is 5.91 Å². The van der Waals surface area contributed by atoms with Crippen LogP contribution in [0.5, 0.6) is 5.75 Å². The van der Waals surface area contributed by atoms with Gasteiger partial charge >= 0.3 is 0 Å². The molecule has 2 aromatic carbocycles. The van der Waals surface area contributed by atoms with Gasteiger partial charge in [-0.2, -0.15) is 0 Å². The van der Waals surface area contributed by atoms with E-state index in [1.54, 1.807) is 13.0 Å². The second-order valence-electron chi connectivity index (χ2n) is 10.3. The van der Waals surface area contributed by atoms with E-state index in [2.05, 4.69) is 20.6 Å². The van der Waals surface area contributed by atoms with Crippen molar-refractivity contribution in [2.45, 2.75) is 57.0 Å². The Morgan fingerprint density at radius 1 is 1.27 bits per heavy atom. The highest BCUT2D eigenvalue weighted by molar-refractivity contribution is 6.33. The van der Waals surface area contributed by atoms with Crippen LogP contribution in [0.4, 0.5) is 10.3 Å². The van der Waals surface area contributed by atoms with Gasteiger partial charge in [0.15, 0.2) is 0 Å². The van der Waals surface area contributed by atoms with Crippen molar-refractivity contribution in [3.05, 3.63) is 70.1 Å². The minimum atomic E-state index is -0.892. The molecule has 1 saturated carbocycles. The SMILES string of the molecule is COc1cc(F)cc(C(CO)NC(=O)C(C)N2Cc3ccc(-c4nc(N[C@@H]5CC[C@H](O)C5)ncc4Cl)cc3C2=O)c1. The third kappa shape index (κ3) is 6.12. The van der Waals surface area contributed by atoms with Crippen LogP contribution in [0.25, 0.3) is 11.3 Å². The number of methoxy groups -OCH3 is 1. The number of aliphatic hydroxyl groups is 2. The van der Waals surface area contributed by atoms with Gasteiger partial charge in [0.1, 0.15) is 17.6 Å². The van der Waals surface area contributed by atoms with E-state index in [0.717, 1.165) is 18.4 Å². The highest BCUT2D eigenvalue weighted by atomic mass is 35.5. The minimum Gasteiger partial charge on any atom is -0.497 e. The Balaban J connectivity index is 1.31. The molecule has 3 aromatic rings. The molecule has 1 aromatic heterocycles. The lowest BCUT2D eigenvalue weighted by Gasteiger charge is -2.26. The number of hydrogen-bond acceptors (Lipinski definition) is 8. The van der Waals surface area contributed by atoms with Crippen LogP contribution in [-0.4, -0.2) is 68.8 Å². The summed E-state index contributed by atoms with van der Waals surface area (Å²) in [4.78, 5) is 36.8. The molecule has 12 heteroatoms. The molecule has 0 radical (unpaired) electrons. The smallest absolute Gasteiger partial charge is 0.255 e. The maximum atomic E-state index is 14.0. The number of benzene rings is 2. The number of carbonyl (C=O) groups excluding carboxylic acids is 2. The number of ether oxygens (including phenoxy) is 1. The summed E-state index contributed by atoms with van der Waals surface area (Å²) in [6.07, 6.45) is 3.31. The maximum absolute atomic E-state index is 14.0. The number of anilines is 1. The highest BCUT2D eigenvalue weighted by Crippen LogP contribution is 2.33. The molecule has 1 fully saturated rings. The van der Waals surface area contributed by atoms with Crippen molar-refractivity contribution in [3.8, 4) is 17.0 Å². The Bertz CT molecular complexity index is 1470. The first kappa shape index (κ1) is 28.7. The van der Waals surface area contributed by atoms with Crippen molar-refractivity contribution in [1.82, 2.24) is 20.2 Å². The summed E-state index contributed by atoms with van der Waals surface area (Å²) in [5.41, 5.74) is 2.59. The van der Waals surface area contributed by atoms with Gasteiger partial charge in [0, 0.05) is 29.8 Å². The number of nitrogens with one attached hydrogen (secondary N) is 2. The van der Waals surface area contributed by atoms with Crippen molar-refractivity contribution < 1.29 is 28.9 Å². The number of rotatable bonds is 9. The topological polar surface area (TPSA) is 137 Å². The summed E-state index contributed by atoms with van der Waals surface area (Å²) in [6.45, 7) is 1.34. The van der Waals surface area contributed by atoms with Crippen molar-refractivity contribution in [1.29, 1.82) is 0 Å². The van der Waals surface area contributed by atoms with Gasteiger partial charge in [-0.25, -0.2) is 14.4 Å². The van der Waals surface area contributed by atoms with Crippen LogP contribution in [0.15, 0.2) is 42.6 Å². The third-order valence-corrected chi connectivity index (χ3v) is 7.85. The minimum absolute atomic E-state index is 0.0650. The van der Waals surface area contributed by atoms with E-state index < -0.39 is 30.4 Å². The standard InChI is InChI=1S/C29H31ClFN5O5/c1-15(27(39)34-25(14-37)18-7-19(31)10-22(8-18)41-2)36-13-17-4-3-16(9-23(17)28(36)40)26-24(30)12-32-29(35-26)33-20-5-6-21(38)11-20/h3-4,7-10,12,15,20-21,25,37-38H,5-6,11,13-14H2,1-2H3,(H,34,39)(H,32,33,35)/t15?,20-,21+,25?/m1/s1. The number of nitrogens with zero attached hydrogens (tertiary/aromatic N) is 3. The van der Waals surface area contributed by atoms with E-state index in [9.17, 15) is 24.2 Å². The molecule has 2 unspecified atom stereocenters. The van der Waals surface area contributed by atoms with Crippen molar-refractivity contribution in [2.24, 2.45) is 0 Å². The predicted octanol–water partition coefficient (Wildman–Crippen LogP) is 3.46. The van der Waals surface area contributed by atoms with E-state index >= 15 is 0 Å². The second kappa shape index (κ2) is 12.0. The average molecular weight is 584 g/mol. The molecule has 0 saturated heterocycles. The number of hydrogen-bond donors (Lipinski definition) is 4. The molecule has 216 valence electrons. The van der Waals surface area contributed by atoms with E-state index in [4.69, 9.17) is 16.3 Å². The summed E-state index contributed by atoms with van der Waals surface area (Å²) in [5, 5.41) is 26.0. The molecule has 2 amide bonds. The lowest BCUT2D eigenvalue weighted by atomic mass is 10.0. The predicted molar refractivity (Wildman–Crippen MR) is 150 cm³/mol. The normalized spacial score (nSPS) is 19.6. The van der Waals surface area contributed by atoms with Crippen molar-refractivity contribution in [3.63, 3.8) is 0 Å². The summed E-state index contributed by atoms with van der Waals surface area (Å²) >= 11 is 6.43. The van der Waals surface area contributed by atoms with Gasteiger partial charge in [0.2, 0.25) is 11.9 Å². The third-order valence-electron chi connectivity index (χ3n) is 7.58. The largest absolute Gasteiger partial charge is 0.497 e. The average Bonchev–Trinajstić information content (AvgIpc) is 3.53. The number of aromatic nitrogens is 2. The number of carbonyl (C=O) groups is 2. The molecule has 2 aliphatic rings. The Morgan fingerprint density at radius 2 is 2.07 bits per heavy atom. The van der Waals surface area contributed by atoms with E-state index in [0.29, 0.717) is 39.8 Å². The highest BCUT2D eigenvalue weighted by Gasteiger charge is 2.35. The number of aliphatic hydroxyl groups excluding tert-OH is 2. The van der Waals surface area contributed by atoms with Gasteiger partial charge < -0.3 is 30.5 Å². The molecular weight excluding hydrogens is 553 g/mol. The molecule has 1 aliphatic heterocycles. The molecule has 10 nitrogen and oxygen atoms in total. The van der Waals surface area contributed by atoms with Gasteiger partial charge in [0.05, 0.1) is 42.8 Å². The van der Waals surface area contributed by atoms with Crippen LogP contribution < -0.4 is 15.4 Å². The second-order valence-corrected chi connectivity index (χ2v) is 10.8. The summed E-state index contributed by atoms with van der Waals surface area (Å²) in [6, 6.07) is 7.57.